The van der Waals surface area contributed by atoms with Gasteiger partial charge in [0.15, 0.2) is 0 Å². The van der Waals surface area contributed by atoms with Crippen LogP contribution in [0.2, 0.25) is 0 Å². The Morgan fingerprint density at radius 1 is 1.50 bits per heavy atom. The van der Waals surface area contributed by atoms with Crippen molar-refractivity contribution in [1.29, 1.82) is 0 Å². The van der Waals surface area contributed by atoms with E-state index in [1.807, 2.05) is 6.92 Å². The predicted molar refractivity (Wildman–Crippen MR) is 49.8 cm³/mol. The van der Waals surface area contributed by atoms with Crippen LogP contribution in [0, 0.1) is 11.3 Å². The van der Waals surface area contributed by atoms with Crippen LogP contribution in [0.1, 0.15) is 39.0 Å². The second-order valence-corrected chi connectivity index (χ2v) is 4.37. The highest BCUT2D eigenvalue weighted by atomic mass is 16.3. The number of allylic oxidation sites excluding steroid dienone is 2. The fourth-order valence-corrected chi connectivity index (χ4v) is 2.53. The Morgan fingerprint density at radius 3 is 2.67 bits per heavy atom. The lowest BCUT2D eigenvalue weighted by molar-refractivity contribution is 0.0785. The summed E-state index contributed by atoms with van der Waals surface area (Å²) in [5.41, 5.74) is 0.289. The van der Waals surface area contributed by atoms with Gasteiger partial charge < -0.3 is 5.11 Å². The summed E-state index contributed by atoms with van der Waals surface area (Å²) in [7, 11) is 0. The van der Waals surface area contributed by atoms with Crippen LogP contribution in [-0.2, 0) is 0 Å². The van der Waals surface area contributed by atoms with Gasteiger partial charge in [0.1, 0.15) is 0 Å². The van der Waals surface area contributed by atoms with Crippen LogP contribution in [0.5, 0.6) is 0 Å². The lowest BCUT2D eigenvalue weighted by Gasteiger charge is -2.28. The minimum atomic E-state index is -0.106. The van der Waals surface area contributed by atoms with Crippen molar-refractivity contribution in [2.45, 2.75) is 45.1 Å². The van der Waals surface area contributed by atoms with Gasteiger partial charge in [-0.25, -0.2) is 0 Å². The second kappa shape index (κ2) is 2.88. The lowest BCUT2D eigenvalue weighted by Crippen LogP contribution is -2.27. The fourth-order valence-electron chi connectivity index (χ4n) is 2.53. The van der Waals surface area contributed by atoms with Gasteiger partial charge in [-0.15, -0.1) is 0 Å². The Labute approximate surface area is 74.5 Å². The molecule has 0 aliphatic heterocycles. The first-order chi connectivity index (χ1) is 5.76. The van der Waals surface area contributed by atoms with Crippen molar-refractivity contribution in [2.75, 3.05) is 0 Å². The van der Waals surface area contributed by atoms with Crippen molar-refractivity contribution >= 4 is 0 Å². The van der Waals surface area contributed by atoms with Gasteiger partial charge in [-0.1, -0.05) is 12.2 Å². The third-order valence-corrected chi connectivity index (χ3v) is 3.65. The average molecular weight is 166 g/mol. The minimum absolute atomic E-state index is 0.106. The summed E-state index contributed by atoms with van der Waals surface area (Å²) in [6.07, 6.45) is 10.8. The van der Waals surface area contributed by atoms with Gasteiger partial charge in [0.25, 0.3) is 0 Å². The summed E-state index contributed by atoms with van der Waals surface area (Å²) in [4.78, 5) is 0. The molecule has 2 aliphatic rings. The molecule has 0 amide bonds. The van der Waals surface area contributed by atoms with Crippen LogP contribution in [-0.4, -0.2) is 11.2 Å². The first kappa shape index (κ1) is 8.31. The van der Waals surface area contributed by atoms with Crippen LogP contribution in [0.25, 0.3) is 0 Å². The molecule has 2 rings (SSSR count). The monoisotopic (exact) mass is 166 g/mol. The van der Waals surface area contributed by atoms with E-state index in [-0.39, 0.29) is 11.5 Å². The molecule has 0 unspecified atom stereocenters. The largest absolute Gasteiger partial charge is 0.393 e. The van der Waals surface area contributed by atoms with Gasteiger partial charge in [0, 0.05) is 5.41 Å². The topological polar surface area (TPSA) is 20.2 Å². The van der Waals surface area contributed by atoms with Gasteiger partial charge in [-0.2, -0.15) is 0 Å². The quantitative estimate of drug-likeness (QED) is 0.625. The number of aliphatic hydroxyl groups excluding tert-OH is 1. The van der Waals surface area contributed by atoms with E-state index < -0.39 is 0 Å². The van der Waals surface area contributed by atoms with Crippen molar-refractivity contribution in [3.63, 3.8) is 0 Å². The third kappa shape index (κ3) is 1.20. The van der Waals surface area contributed by atoms with Gasteiger partial charge in [0.2, 0.25) is 0 Å². The zero-order chi connectivity index (χ0) is 8.60. The van der Waals surface area contributed by atoms with Gasteiger partial charge in [-0.05, 0) is 44.9 Å². The smallest absolute Gasteiger partial charge is 0.0573 e. The van der Waals surface area contributed by atoms with E-state index in [9.17, 15) is 5.11 Å². The first-order valence-corrected chi connectivity index (χ1v) is 5.10. The maximum atomic E-state index is 9.66. The van der Waals surface area contributed by atoms with E-state index in [1.165, 1.54) is 32.1 Å². The Balaban J connectivity index is 2.07. The molecule has 1 heteroatoms. The number of aliphatic hydroxyl groups is 1. The molecule has 0 heterocycles. The summed E-state index contributed by atoms with van der Waals surface area (Å²) in [6.45, 7) is 1.95. The zero-order valence-corrected chi connectivity index (χ0v) is 7.79. The summed E-state index contributed by atoms with van der Waals surface area (Å²) in [5, 5.41) is 9.66. The maximum absolute atomic E-state index is 9.66. The summed E-state index contributed by atoms with van der Waals surface area (Å²) in [5.74, 6) is 0.672. The van der Waals surface area contributed by atoms with Gasteiger partial charge >= 0.3 is 0 Å². The third-order valence-electron chi connectivity index (χ3n) is 3.65. The minimum Gasteiger partial charge on any atom is -0.393 e. The Hall–Kier alpha value is -0.300. The molecule has 0 saturated heterocycles. The second-order valence-electron chi connectivity index (χ2n) is 4.37. The number of hydrogen-bond donors (Lipinski definition) is 1. The zero-order valence-electron chi connectivity index (χ0n) is 7.79. The molecule has 1 saturated carbocycles. The molecule has 2 atom stereocenters. The molecule has 1 nitrogen and oxygen atoms in total. The van der Waals surface area contributed by atoms with Gasteiger partial charge in [0.05, 0.1) is 6.10 Å². The van der Waals surface area contributed by atoms with E-state index in [0.29, 0.717) is 5.92 Å². The van der Waals surface area contributed by atoms with Crippen LogP contribution >= 0.6 is 0 Å². The molecule has 0 aromatic carbocycles. The van der Waals surface area contributed by atoms with Crippen LogP contribution in [0.4, 0.5) is 0 Å². The Kier molecular flexibility index (Phi) is 1.99. The van der Waals surface area contributed by atoms with Crippen molar-refractivity contribution < 1.29 is 5.11 Å². The molecule has 0 spiro atoms. The molecular formula is C11H18O. The van der Waals surface area contributed by atoms with Crippen molar-refractivity contribution in [3.05, 3.63) is 12.2 Å². The van der Waals surface area contributed by atoms with Crippen LogP contribution in [0.3, 0.4) is 0 Å². The average Bonchev–Trinajstić information content (AvgIpc) is 2.86. The molecule has 1 fully saturated rings. The van der Waals surface area contributed by atoms with Crippen molar-refractivity contribution in [2.24, 2.45) is 11.3 Å². The fraction of sp³-hybridized carbons (Fsp3) is 0.818. The lowest BCUT2D eigenvalue weighted by atomic mass is 9.79. The highest BCUT2D eigenvalue weighted by molar-refractivity contribution is 5.10. The molecule has 1 N–H and O–H groups in total. The molecule has 2 aliphatic carbocycles. The van der Waals surface area contributed by atoms with Crippen molar-refractivity contribution in [1.82, 2.24) is 0 Å². The van der Waals surface area contributed by atoms with E-state index in [4.69, 9.17) is 0 Å². The summed E-state index contributed by atoms with van der Waals surface area (Å²) in [6, 6.07) is 0. The SMILES string of the molecule is C[C@@H](O)C1([C@@H]2C=CCCC2)CC1. The molecule has 0 radical (unpaired) electrons. The molecular weight excluding hydrogens is 148 g/mol. The maximum Gasteiger partial charge on any atom is 0.0573 e. The molecule has 0 bridgehead atoms. The summed E-state index contributed by atoms with van der Waals surface area (Å²) < 4.78 is 0. The molecule has 0 aromatic heterocycles. The van der Waals surface area contributed by atoms with Crippen LogP contribution in [0.15, 0.2) is 12.2 Å². The molecule has 0 aromatic rings. The highest BCUT2D eigenvalue weighted by Crippen LogP contribution is 2.57. The summed E-state index contributed by atoms with van der Waals surface area (Å²) >= 11 is 0. The number of rotatable bonds is 2. The Morgan fingerprint density at radius 2 is 2.25 bits per heavy atom. The van der Waals surface area contributed by atoms with E-state index >= 15 is 0 Å². The first-order valence-electron chi connectivity index (χ1n) is 5.10. The molecule has 12 heavy (non-hydrogen) atoms. The van der Waals surface area contributed by atoms with E-state index in [0.717, 1.165) is 0 Å². The molecule has 68 valence electrons. The normalized spacial score (nSPS) is 34.7. The predicted octanol–water partition coefficient (Wildman–Crippen LogP) is 2.50. The van der Waals surface area contributed by atoms with Crippen molar-refractivity contribution in [3.8, 4) is 0 Å². The van der Waals surface area contributed by atoms with E-state index in [2.05, 4.69) is 12.2 Å². The Bertz CT molecular complexity index is 189. The van der Waals surface area contributed by atoms with Crippen LogP contribution < -0.4 is 0 Å². The highest BCUT2D eigenvalue weighted by Gasteiger charge is 2.51. The van der Waals surface area contributed by atoms with E-state index in [1.54, 1.807) is 0 Å². The van der Waals surface area contributed by atoms with Gasteiger partial charge in [-0.3, -0.25) is 0 Å². The standard InChI is InChI=1S/C11H18O/c1-9(12)11(7-8-11)10-5-3-2-4-6-10/h3,5,9-10,12H,2,4,6-8H2,1H3/t9-,10-/m1/s1. The number of hydrogen-bond acceptors (Lipinski definition) is 1.